The third-order valence-corrected chi connectivity index (χ3v) is 5.58. The van der Waals surface area contributed by atoms with Crippen molar-refractivity contribution in [3.05, 3.63) is 27.1 Å². The number of morpholine rings is 1. The number of carbonyl (C=O) groups excluding carboxylic acids is 2. The van der Waals surface area contributed by atoms with Crippen LogP contribution < -0.4 is 10.9 Å². The Morgan fingerprint density at radius 3 is 2.81 bits per heavy atom. The van der Waals surface area contributed by atoms with Crippen LogP contribution in [0, 0.1) is 6.92 Å². The van der Waals surface area contributed by atoms with E-state index in [0.29, 0.717) is 60.1 Å². The summed E-state index contributed by atoms with van der Waals surface area (Å²) in [5, 5.41) is 3.13. The smallest absolute Gasteiger partial charge is 0.262 e. The summed E-state index contributed by atoms with van der Waals surface area (Å²) in [5.41, 5.74) is 0.266. The molecule has 2 amide bonds. The van der Waals surface area contributed by atoms with Crippen molar-refractivity contribution < 1.29 is 19.1 Å². The molecule has 0 aromatic carbocycles. The summed E-state index contributed by atoms with van der Waals surface area (Å²) in [6.45, 7) is 4.48. The quantitative estimate of drug-likeness (QED) is 0.692. The van der Waals surface area contributed by atoms with E-state index in [4.69, 9.17) is 9.47 Å². The second kappa shape index (κ2) is 8.59. The molecule has 1 aliphatic rings. The molecular formula is C17H22N4O5S. The molecular weight excluding hydrogens is 372 g/mol. The predicted molar refractivity (Wildman–Crippen MR) is 100 cm³/mol. The van der Waals surface area contributed by atoms with E-state index in [9.17, 15) is 14.4 Å². The minimum atomic E-state index is -0.314. The molecule has 146 valence electrons. The second-order valence-electron chi connectivity index (χ2n) is 6.16. The summed E-state index contributed by atoms with van der Waals surface area (Å²) in [6, 6.07) is 0. The van der Waals surface area contributed by atoms with E-state index >= 15 is 0 Å². The first-order valence-corrected chi connectivity index (χ1v) is 9.45. The molecule has 0 saturated carbocycles. The number of aryl methyl sites for hydroxylation is 1. The molecule has 1 saturated heterocycles. The minimum absolute atomic E-state index is 0.0770. The van der Waals surface area contributed by atoms with Crippen LogP contribution in [0.5, 0.6) is 0 Å². The van der Waals surface area contributed by atoms with Crippen LogP contribution in [0.25, 0.3) is 10.2 Å². The summed E-state index contributed by atoms with van der Waals surface area (Å²) in [7, 11) is 1.56. The lowest BCUT2D eigenvalue weighted by Crippen LogP contribution is -2.43. The van der Waals surface area contributed by atoms with Crippen molar-refractivity contribution in [1.82, 2.24) is 19.8 Å². The molecule has 0 unspecified atom stereocenters. The highest BCUT2D eigenvalue weighted by Gasteiger charge is 2.21. The summed E-state index contributed by atoms with van der Waals surface area (Å²) >= 11 is 1.17. The lowest BCUT2D eigenvalue weighted by atomic mass is 10.2. The summed E-state index contributed by atoms with van der Waals surface area (Å²) in [5.74, 6) is -0.408. The number of rotatable bonds is 6. The number of hydrogen-bond donors (Lipinski definition) is 1. The lowest BCUT2D eigenvalue weighted by molar-refractivity contribution is -0.135. The van der Waals surface area contributed by atoms with Gasteiger partial charge in [-0.2, -0.15) is 0 Å². The van der Waals surface area contributed by atoms with Crippen molar-refractivity contribution in [3.63, 3.8) is 0 Å². The van der Waals surface area contributed by atoms with Gasteiger partial charge in [0.1, 0.15) is 11.4 Å². The maximum Gasteiger partial charge on any atom is 0.262 e. The molecule has 2 aromatic heterocycles. The Balaban J connectivity index is 1.84. The summed E-state index contributed by atoms with van der Waals surface area (Å²) < 4.78 is 11.5. The normalized spacial score (nSPS) is 14.5. The van der Waals surface area contributed by atoms with E-state index < -0.39 is 0 Å². The summed E-state index contributed by atoms with van der Waals surface area (Å²) in [6.07, 6.45) is 1.37. The molecule has 9 nitrogen and oxygen atoms in total. The molecule has 1 aliphatic heterocycles. The van der Waals surface area contributed by atoms with Gasteiger partial charge in [0.2, 0.25) is 5.91 Å². The number of aromatic nitrogens is 2. The number of amides is 2. The largest absolute Gasteiger partial charge is 0.383 e. The molecule has 0 aliphatic carbocycles. The second-order valence-corrected chi connectivity index (χ2v) is 7.15. The SMILES string of the molecule is COCCNC(=O)c1sc2ncn(CC(=O)N3CCOCC3)c(=O)c2c1C. The topological polar surface area (TPSA) is 103 Å². The van der Waals surface area contributed by atoms with Gasteiger partial charge in [0, 0.05) is 26.7 Å². The first kappa shape index (κ1) is 19.5. The highest BCUT2D eigenvalue weighted by Crippen LogP contribution is 2.26. The zero-order valence-electron chi connectivity index (χ0n) is 15.3. The molecule has 0 spiro atoms. The predicted octanol–water partition coefficient (Wildman–Crippen LogP) is 0.00142. The zero-order valence-corrected chi connectivity index (χ0v) is 16.1. The molecule has 0 atom stereocenters. The Labute approximate surface area is 159 Å². The summed E-state index contributed by atoms with van der Waals surface area (Å²) in [4.78, 5) is 44.5. The Morgan fingerprint density at radius 2 is 2.11 bits per heavy atom. The van der Waals surface area contributed by atoms with Gasteiger partial charge < -0.3 is 19.7 Å². The first-order valence-electron chi connectivity index (χ1n) is 8.64. The number of thiophene rings is 1. The van der Waals surface area contributed by atoms with Crippen molar-refractivity contribution in [2.75, 3.05) is 46.6 Å². The fourth-order valence-corrected chi connectivity index (χ4v) is 3.95. The van der Waals surface area contributed by atoms with Crippen molar-refractivity contribution in [3.8, 4) is 0 Å². The maximum absolute atomic E-state index is 12.8. The molecule has 0 radical (unpaired) electrons. The fraction of sp³-hybridized carbons (Fsp3) is 0.529. The molecule has 2 aromatic rings. The minimum Gasteiger partial charge on any atom is -0.383 e. The molecule has 1 N–H and O–H groups in total. The average molecular weight is 394 g/mol. The number of methoxy groups -OCH3 is 1. The van der Waals surface area contributed by atoms with Crippen LogP contribution in [0.3, 0.4) is 0 Å². The van der Waals surface area contributed by atoms with E-state index in [1.807, 2.05) is 0 Å². The maximum atomic E-state index is 12.8. The van der Waals surface area contributed by atoms with Crippen molar-refractivity contribution in [2.24, 2.45) is 0 Å². The van der Waals surface area contributed by atoms with Crippen molar-refractivity contribution in [1.29, 1.82) is 0 Å². The molecule has 10 heteroatoms. The van der Waals surface area contributed by atoms with Crippen LogP contribution in [0.4, 0.5) is 0 Å². The van der Waals surface area contributed by atoms with E-state index in [0.717, 1.165) is 0 Å². The number of nitrogens with one attached hydrogen (secondary N) is 1. The van der Waals surface area contributed by atoms with Crippen LogP contribution in [-0.2, 0) is 20.8 Å². The standard InChI is InChI=1S/C17H22N4O5S/c1-11-13-16(27-14(11)15(23)18-3-6-25-2)19-10-21(17(13)24)9-12(22)20-4-7-26-8-5-20/h10H,3-9H2,1-2H3,(H,18,23). The van der Waals surface area contributed by atoms with Crippen LogP contribution >= 0.6 is 11.3 Å². The van der Waals surface area contributed by atoms with Crippen LogP contribution in [0.2, 0.25) is 0 Å². The third-order valence-electron chi connectivity index (χ3n) is 4.38. The number of hydrogen-bond acceptors (Lipinski definition) is 7. The van der Waals surface area contributed by atoms with E-state index in [1.165, 1.54) is 22.2 Å². The number of fused-ring (bicyclic) bond motifs is 1. The van der Waals surface area contributed by atoms with Gasteiger partial charge >= 0.3 is 0 Å². The molecule has 1 fully saturated rings. The van der Waals surface area contributed by atoms with Gasteiger partial charge in [0.05, 0.1) is 36.4 Å². The fourth-order valence-electron chi connectivity index (χ4n) is 2.89. The van der Waals surface area contributed by atoms with Gasteiger partial charge in [-0.25, -0.2) is 4.98 Å². The monoisotopic (exact) mass is 394 g/mol. The lowest BCUT2D eigenvalue weighted by Gasteiger charge is -2.26. The first-order chi connectivity index (χ1) is 13.0. The molecule has 3 heterocycles. The van der Waals surface area contributed by atoms with Gasteiger partial charge in [0.25, 0.3) is 11.5 Å². The number of carbonyl (C=O) groups is 2. The number of ether oxygens (including phenoxy) is 2. The Morgan fingerprint density at radius 1 is 1.37 bits per heavy atom. The van der Waals surface area contributed by atoms with Crippen molar-refractivity contribution in [2.45, 2.75) is 13.5 Å². The van der Waals surface area contributed by atoms with Gasteiger partial charge in [-0.15, -0.1) is 11.3 Å². The highest BCUT2D eigenvalue weighted by molar-refractivity contribution is 7.20. The van der Waals surface area contributed by atoms with Gasteiger partial charge in [-0.1, -0.05) is 0 Å². The molecule has 3 rings (SSSR count). The van der Waals surface area contributed by atoms with E-state index in [-0.39, 0.29) is 23.9 Å². The Bertz CT molecular complexity index is 901. The molecule has 0 bridgehead atoms. The zero-order chi connectivity index (χ0) is 19.4. The Kier molecular flexibility index (Phi) is 6.19. The van der Waals surface area contributed by atoms with Crippen LogP contribution in [-0.4, -0.2) is 72.8 Å². The Hall–Kier alpha value is -2.30. The number of nitrogens with zero attached hydrogens (tertiary/aromatic N) is 3. The van der Waals surface area contributed by atoms with Gasteiger partial charge in [-0.3, -0.25) is 19.0 Å². The van der Waals surface area contributed by atoms with Crippen LogP contribution in [0.15, 0.2) is 11.1 Å². The van der Waals surface area contributed by atoms with Gasteiger partial charge in [0.15, 0.2) is 0 Å². The third kappa shape index (κ3) is 4.18. The molecule has 27 heavy (non-hydrogen) atoms. The van der Waals surface area contributed by atoms with E-state index in [2.05, 4.69) is 10.3 Å². The highest BCUT2D eigenvalue weighted by atomic mass is 32.1. The van der Waals surface area contributed by atoms with E-state index in [1.54, 1.807) is 18.9 Å². The van der Waals surface area contributed by atoms with Gasteiger partial charge in [-0.05, 0) is 12.5 Å². The average Bonchev–Trinajstić information content (AvgIpc) is 3.02. The van der Waals surface area contributed by atoms with Crippen LogP contribution in [0.1, 0.15) is 15.2 Å². The van der Waals surface area contributed by atoms with Crippen molar-refractivity contribution >= 4 is 33.4 Å².